The van der Waals surface area contributed by atoms with E-state index in [9.17, 15) is 8.42 Å². The Morgan fingerprint density at radius 3 is 2.38 bits per heavy atom. The van der Waals surface area contributed by atoms with Crippen LogP contribution in [0.15, 0.2) is 47.4 Å². The predicted octanol–water partition coefficient (Wildman–Crippen LogP) is 3.31. The highest BCUT2D eigenvalue weighted by molar-refractivity contribution is 7.89. The van der Waals surface area contributed by atoms with Crippen LogP contribution in [0.1, 0.15) is 42.0 Å². The normalized spacial score (nSPS) is 13.6. The van der Waals surface area contributed by atoms with Crippen LogP contribution in [0.4, 0.5) is 0 Å². The molecular formula is C18H23ClN2O2S. The monoisotopic (exact) mass is 366 g/mol. The zero-order valence-corrected chi connectivity index (χ0v) is 15.5. The van der Waals surface area contributed by atoms with Crippen molar-refractivity contribution in [1.82, 2.24) is 10.0 Å². The molecule has 0 saturated carbocycles. The first-order valence-corrected chi connectivity index (χ1v) is 9.35. The number of nitrogens with one attached hydrogen (secondary N) is 2. The number of benzene rings is 2. The van der Waals surface area contributed by atoms with Crippen LogP contribution in [0, 0.1) is 0 Å². The Kier molecular flexibility index (Phi) is 6.04. The molecule has 3 rings (SSSR count). The average molecular weight is 367 g/mol. The summed E-state index contributed by atoms with van der Waals surface area (Å²) >= 11 is 0. The highest BCUT2D eigenvalue weighted by atomic mass is 35.5. The van der Waals surface area contributed by atoms with Gasteiger partial charge in [-0.05, 0) is 40.3 Å². The lowest BCUT2D eigenvalue weighted by Crippen LogP contribution is -2.23. The van der Waals surface area contributed by atoms with E-state index in [0.29, 0.717) is 17.4 Å². The van der Waals surface area contributed by atoms with Gasteiger partial charge in [0.15, 0.2) is 0 Å². The molecular weight excluding hydrogens is 344 g/mol. The fourth-order valence-electron chi connectivity index (χ4n) is 2.75. The lowest BCUT2D eigenvalue weighted by Gasteiger charge is -2.10. The van der Waals surface area contributed by atoms with Crippen LogP contribution in [-0.4, -0.2) is 8.42 Å². The minimum atomic E-state index is -3.48. The average Bonchev–Trinajstić information content (AvgIpc) is 3.01. The predicted molar refractivity (Wildman–Crippen MR) is 98.8 cm³/mol. The molecule has 0 bridgehead atoms. The molecule has 0 saturated heterocycles. The van der Waals surface area contributed by atoms with Crippen molar-refractivity contribution < 1.29 is 8.42 Å². The van der Waals surface area contributed by atoms with E-state index in [0.717, 1.165) is 24.2 Å². The van der Waals surface area contributed by atoms with Gasteiger partial charge in [-0.15, -0.1) is 12.4 Å². The molecule has 0 radical (unpaired) electrons. The fraction of sp³-hybridized carbons (Fsp3) is 0.333. The van der Waals surface area contributed by atoms with Crippen LogP contribution in [-0.2, 0) is 29.7 Å². The van der Waals surface area contributed by atoms with Crippen LogP contribution < -0.4 is 10.0 Å². The van der Waals surface area contributed by atoms with E-state index in [-0.39, 0.29) is 12.4 Å². The quantitative estimate of drug-likeness (QED) is 0.853. The number of fused-ring (bicyclic) bond motifs is 1. The summed E-state index contributed by atoms with van der Waals surface area (Å²) in [6.07, 6.45) is 0. The molecule has 2 aromatic rings. The number of hydrogen-bond acceptors (Lipinski definition) is 3. The zero-order chi connectivity index (χ0) is 16.4. The van der Waals surface area contributed by atoms with Crippen molar-refractivity contribution in [1.29, 1.82) is 0 Å². The lowest BCUT2D eigenvalue weighted by molar-refractivity contribution is 0.581. The minimum absolute atomic E-state index is 0. The SMILES string of the molecule is CC(C)c1ccc(S(=O)(=O)NCc2ccc3c(c2)CNC3)cc1.Cl. The van der Waals surface area contributed by atoms with Gasteiger partial charge in [-0.3, -0.25) is 0 Å². The standard InChI is InChI=1S/C18H22N2O2S.ClH/c1-13(2)15-5-7-18(8-6-15)23(21,22)20-10-14-3-4-16-11-19-12-17(16)9-14;/h3-9,13,19-20H,10-12H2,1-2H3;1H. The van der Waals surface area contributed by atoms with Crippen molar-refractivity contribution in [2.45, 2.75) is 44.3 Å². The van der Waals surface area contributed by atoms with Gasteiger partial charge < -0.3 is 5.32 Å². The summed E-state index contributed by atoms with van der Waals surface area (Å²) in [7, 11) is -3.48. The Bertz CT molecular complexity index is 802. The second-order valence-electron chi connectivity index (χ2n) is 6.25. The van der Waals surface area contributed by atoms with Crippen molar-refractivity contribution in [2.24, 2.45) is 0 Å². The third-order valence-electron chi connectivity index (χ3n) is 4.22. The van der Waals surface area contributed by atoms with Crippen molar-refractivity contribution in [3.05, 3.63) is 64.7 Å². The first-order chi connectivity index (χ1) is 11.0. The summed E-state index contributed by atoms with van der Waals surface area (Å²) in [6, 6.07) is 13.2. The second kappa shape index (κ2) is 7.66. The summed E-state index contributed by atoms with van der Waals surface area (Å²) in [4.78, 5) is 0.310. The van der Waals surface area contributed by atoms with Crippen LogP contribution in [0.3, 0.4) is 0 Å². The van der Waals surface area contributed by atoms with Crippen molar-refractivity contribution in [3.63, 3.8) is 0 Å². The van der Waals surface area contributed by atoms with Gasteiger partial charge in [-0.25, -0.2) is 13.1 Å². The zero-order valence-electron chi connectivity index (χ0n) is 13.9. The van der Waals surface area contributed by atoms with E-state index < -0.39 is 10.0 Å². The van der Waals surface area contributed by atoms with Gasteiger partial charge in [-0.2, -0.15) is 0 Å². The number of halogens is 1. The van der Waals surface area contributed by atoms with Gasteiger partial charge in [0.25, 0.3) is 0 Å². The van der Waals surface area contributed by atoms with E-state index in [1.165, 1.54) is 11.1 Å². The molecule has 2 aromatic carbocycles. The lowest BCUT2D eigenvalue weighted by atomic mass is 10.0. The molecule has 24 heavy (non-hydrogen) atoms. The molecule has 0 amide bonds. The molecule has 130 valence electrons. The number of rotatable bonds is 5. The molecule has 0 aliphatic carbocycles. The van der Waals surface area contributed by atoms with Gasteiger partial charge in [0.1, 0.15) is 0 Å². The van der Waals surface area contributed by atoms with E-state index in [2.05, 4.69) is 36.0 Å². The van der Waals surface area contributed by atoms with Crippen molar-refractivity contribution in [2.75, 3.05) is 0 Å². The molecule has 0 aromatic heterocycles. The molecule has 1 aliphatic heterocycles. The Hall–Kier alpha value is -1.40. The topological polar surface area (TPSA) is 58.2 Å². The van der Waals surface area contributed by atoms with Gasteiger partial charge >= 0.3 is 0 Å². The van der Waals surface area contributed by atoms with Crippen LogP contribution in [0.25, 0.3) is 0 Å². The molecule has 6 heteroatoms. The maximum absolute atomic E-state index is 12.4. The van der Waals surface area contributed by atoms with Crippen molar-refractivity contribution in [3.8, 4) is 0 Å². The highest BCUT2D eigenvalue weighted by Crippen LogP contribution is 2.19. The number of hydrogen-bond donors (Lipinski definition) is 2. The Morgan fingerprint density at radius 1 is 1.04 bits per heavy atom. The molecule has 1 heterocycles. The number of sulfonamides is 1. The van der Waals surface area contributed by atoms with Crippen LogP contribution in [0.5, 0.6) is 0 Å². The molecule has 2 N–H and O–H groups in total. The summed E-state index contributed by atoms with van der Waals surface area (Å²) in [5.41, 5.74) is 4.66. The second-order valence-corrected chi connectivity index (χ2v) is 8.02. The minimum Gasteiger partial charge on any atom is -0.309 e. The first-order valence-electron chi connectivity index (χ1n) is 7.87. The van der Waals surface area contributed by atoms with E-state index in [4.69, 9.17) is 0 Å². The Balaban J connectivity index is 0.00000208. The maximum Gasteiger partial charge on any atom is 0.240 e. The summed E-state index contributed by atoms with van der Waals surface area (Å²) in [5, 5.41) is 3.29. The maximum atomic E-state index is 12.4. The summed E-state index contributed by atoms with van der Waals surface area (Å²) < 4.78 is 27.5. The van der Waals surface area contributed by atoms with Crippen LogP contribution >= 0.6 is 12.4 Å². The highest BCUT2D eigenvalue weighted by Gasteiger charge is 2.15. The summed E-state index contributed by atoms with van der Waals surface area (Å²) in [6.45, 7) is 6.23. The molecule has 0 unspecified atom stereocenters. The molecule has 0 fully saturated rings. The van der Waals surface area contributed by atoms with Gasteiger partial charge in [0, 0.05) is 19.6 Å². The third-order valence-corrected chi connectivity index (χ3v) is 5.64. The van der Waals surface area contributed by atoms with Crippen LogP contribution in [0.2, 0.25) is 0 Å². The Labute approximate surface area is 150 Å². The fourth-order valence-corrected chi connectivity index (χ4v) is 3.77. The van der Waals surface area contributed by atoms with Gasteiger partial charge in [-0.1, -0.05) is 44.2 Å². The first kappa shape index (κ1) is 18.9. The molecule has 1 aliphatic rings. The van der Waals surface area contributed by atoms with Gasteiger partial charge in [0.2, 0.25) is 10.0 Å². The van der Waals surface area contributed by atoms with E-state index in [1.54, 1.807) is 12.1 Å². The van der Waals surface area contributed by atoms with E-state index in [1.807, 2.05) is 18.2 Å². The van der Waals surface area contributed by atoms with E-state index >= 15 is 0 Å². The van der Waals surface area contributed by atoms with Crippen molar-refractivity contribution >= 4 is 22.4 Å². The molecule has 0 spiro atoms. The molecule has 4 nitrogen and oxygen atoms in total. The van der Waals surface area contributed by atoms with Gasteiger partial charge in [0.05, 0.1) is 4.90 Å². The largest absolute Gasteiger partial charge is 0.309 e. The smallest absolute Gasteiger partial charge is 0.240 e. The molecule has 0 atom stereocenters. The summed E-state index contributed by atoms with van der Waals surface area (Å²) in [5.74, 6) is 0.389. The third kappa shape index (κ3) is 4.16. The Morgan fingerprint density at radius 2 is 1.71 bits per heavy atom.